The van der Waals surface area contributed by atoms with E-state index in [9.17, 15) is 18.4 Å². The van der Waals surface area contributed by atoms with Crippen LogP contribution in [0.3, 0.4) is 0 Å². The van der Waals surface area contributed by atoms with Crippen molar-refractivity contribution >= 4 is 33.5 Å². The second kappa shape index (κ2) is 7.35. The molecule has 4 rings (SSSR count). The van der Waals surface area contributed by atoms with Crippen molar-refractivity contribution in [1.29, 1.82) is 0 Å². The van der Waals surface area contributed by atoms with Crippen LogP contribution in [0.1, 0.15) is 6.42 Å². The van der Waals surface area contributed by atoms with Crippen LogP contribution >= 0.6 is 11.3 Å². The lowest BCUT2D eigenvalue weighted by Gasteiger charge is -2.03. The Kier molecular flexibility index (Phi) is 4.74. The quantitative estimate of drug-likeness (QED) is 0.548. The number of thiazole rings is 1. The molecule has 0 unspecified atom stereocenters. The second-order valence-electron chi connectivity index (χ2n) is 5.95. The van der Waals surface area contributed by atoms with Gasteiger partial charge in [0.15, 0.2) is 22.3 Å². The van der Waals surface area contributed by atoms with E-state index in [0.29, 0.717) is 27.5 Å². The number of oxazole rings is 1. The number of benzene rings is 2. The van der Waals surface area contributed by atoms with Gasteiger partial charge in [-0.1, -0.05) is 12.1 Å². The summed E-state index contributed by atoms with van der Waals surface area (Å²) >= 11 is 1.17. The molecule has 28 heavy (non-hydrogen) atoms. The van der Waals surface area contributed by atoms with Crippen LogP contribution in [0.2, 0.25) is 0 Å². The van der Waals surface area contributed by atoms with Crippen molar-refractivity contribution in [3.8, 4) is 11.3 Å². The molecule has 0 spiro atoms. The van der Waals surface area contributed by atoms with E-state index in [0.717, 1.165) is 12.1 Å². The average Bonchev–Trinajstić information content (AvgIpc) is 3.26. The minimum Gasteiger partial charge on any atom is -0.408 e. The van der Waals surface area contributed by atoms with E-state index in [4.69, 9.17) is 4.42 Å². The van der Waals surface area contributed by atoms with Crippen molar-refractivity contribution in [2.75, 3.05) is 5.32 Å². The van der Waals surface area contributed by atoms with Crippen LogP contribution in [0.15, 0.2) is 57.1 Å². The van der Waals surface area contributed by atoms with E-state index in [2.05, 4.69) is 10.3 Å². The highest BCUT2D eigenvalue weighted by molar-refractivity contribution is 7.14. The van der Waals surface area contributed by atoms with Gasteiger partial charge in [-0.2, -0.15) is 0 Å². The van der Waals surface area contributed by atoms with Gasteiger partial charge < -0.3 is 9.73 Å². The van der Waals surface area contributed by atoms with Gasteiger partial charge >= 0.3 is 5.76 Å². The largest absolute Gasteiger partial charge is 0.419 e. The molecule has 2 aromatic heterocycles. The Morgan fingerprint density at radius 2 is 2.00 bits per heavy atom. The lowest BCUT2D eigenvalue weighted by molar-refractivity contribution is -0.116. The third-order valence-corrected chi connectivity index (χ3v) is 4.86. The first-order chi connectivity index (χ1) is 13.5. The summed E-state index contributed by atoms with van der Waals surface area (Å²) in [5.41, 5.74) is 1.92. The molecule has 0 aliphatic carbocycles. The van der Waals surface area contributed by atoms with Crippen LogP contribution in [-0.4, -0.2) is 15.5 Å². The van der Waals surface area contributed by atoms with Crippen molar-refractivity contribution < 1.29 is 18.0 Å². The Balaban J connectivity index is 1.43. The highest BCUT2D eigenvalue weighted by Gasteiger charge is 2.13. The van der Waals surface area contributed by atoms with Crippen molar-refractivity contribution in [2.24, 2.45) is 0 Å². The maximum atomic E-state index is 13.4. The van der Waals surface area contributed by atoms with Gasteiger partial charge in [0.2, 0.25) is 5.91 Å². The van der Waals surface area contributed by atoms with Gasteiger partial charge in [-0.3, -0.25) is 9.36 Å². The lowest BCUT2D eigenvalue weighted by Crippen LogP contribution is -2.19. The van der Waals surface area contributed by atoms with Gasteiger partial charge in [0, 0.05) is 23.9 Å². The number of anilines is 1. The molecule has 0 bridgehead atoms. The summed E-state index contributed by atoms with van der Waals surface area (Å²) in [4.78, 5) is 28.3. The Hall–Kier alpha value is -3.33. The van der Waals surface area contributed by atoms with Crippen molar-refractivity contribution in [2.45, 2.75) is 13.0 Å². The topological polar surface area (TPSA) is 77.1 Å². The maximum Gasteiger partial charge on any atom is 0.419 e. The number of halogens is 2. The summed E-state index contributed by atoms with van der Waals surface area (Å²) in [6.07, 6.45) is 0.0452. The zero-order valence-corrected chi connectivity index (χ0v) is 15.1. The summed E-state index contributed by atoms with van der Waals surface area (Å²) < 4.78 is 32.9. The summed E-state index contributed by atoms with van der Waals surface area (Å²) in [6, 6.07) is 10.4. The molecular weight excluding hydrogens is 388 g/mol. The molecule has 0 saturated heterocycles. The summed E-state index contributed by atoms with van der Waals surface area (Å²) in [6.45, 7) is 0.156. The van der Waals surface area contributed by atoms with E-state index in [1.54, 1.807) is 29.6 Å². The Bertz CT molecular complexity index is 1230. The normalized spacial score (nSPS) is 11.1. The number of nitrogens with zero attached hydrogens (tertiary/aromatic N) is 2. The fourth-order valence-electron chi connectivity index (χ4n) is 2.74. The molecule has 0 atom stereocenters. The zero-order chi connectivity index (χ0) is 19.7. The summed E-state index contributed by atoms with van der Waals surface area (Å²) in [5.74, 6) is -2.75. The molecule has 9 heteroatoms. The van der Waals surface area contributed by atoms with Crippen molar-refractivity contribution in [3.05, 3.63) is 70.0 Å². The standard InChI is InChI=1S/C19H13F2N3O3S/c20-12-6-5-11(9-13(12)21)14-10-28-18(22-14)23-17(25)7-8-24-15-3-1-2-4-16(15)27-19(24)26/h1-6,9-10H,7-8H2,(H,22,23,25). The van der Waals surface area contributed by atoms with Crippen LogP contribution in [0.5, 0.6) is 0 Å². The highest BCUT2D eigenvalue weighted by Crippen LogP contribution is 2.26. The first-order valence-electron chi connectivity index (χ1n) is 8.30. The number of aromatic nitrogens is 2. The van der Waals surface area contributed by atoms with Crippen LogP contribution < -0.4 is 11.1 Å². The number of carbonyl (C=O) groups excluding carboxylic acids is 1. The van der Waals surface area contributed by atoms with Crippen LogP contribution in [-0.2, 0) is 11.3 Å². The van der Waals surface area contributed by atoms with Gasteiger partial charge in [-0.05, 0) is 30.3 Å². The molecule has 0 saturated carbocycles. The van der Waals surface area contributed by atoms with Gasteiger partial charge in [0.05, 0.1) is 11.2 Å². The number of rotatable bonds is 5. The van der Waals surface area contributed by atoms with E-state index < -0.39 is 17.4 Å². The maximum absolute atomic E-state index is 13.4. The molecule has 142 valence electrons. The third-order valence-electron chi connectivity index (χ3n) is 4.10. The van der Waals surface area contributed by atoms with E-state index >= 15 is 0 Å². The van der Waals surface area contributed by atoms with Gasteiger partial charge in [0.1, 0.15) is 0 Å². The van der Waals surface area contributed by atoms with E-state index in [1.807, 2.05) is 0 Å². The van der Waals surface area contributed by atoms with Crippen LogP contribution in [0.4, 0.5) is 13.9 Å². The van der Waals surface area contributed by atoms with Crippen LogP contribution in [0, 0.1) is 11.6 Å². The minimum atomic E-state index is -0.964. The summed E-state index contributed by atoms with van der Waals surface area (Å²) in [5, 5.41) is 4.61. The number of nitrogens with one attached hydrogen (secondary N) is 1. The first kappa shape index (κ1) is 18.1. The smallest absolute Gasteiger partial charge is 0.408 e. The number of aryl methyl sites for hydroxylation is 1. The molecule has 0 aliphatic heterocycles. The monoisotopic (exact) mass is 401 g/mol. The number of fused-ring (bicyclic) bond motifs is 1. The molecule has 2 heterocycles. The summed E-state index contributed by atoms with van der Waals surface area (Å²) in [7, 11) is 0. The molecular formula is C19H13F2N3O3S. The minimum absolute atomic E-state index is 0.0452. The number of para-hydroxylation sites is 2. The molecule has 0 fully saturated rings. The molecule has 6 nitrogen and oxygen atoms in total. The van der Waals surface area contributed by atoms with E-state index in [-0.39, 0.29) is 18.9 Å². The van der Waals surface area contributed by atoms with Crippen LogP contribution in [0.25, 0.3) is 22.4 Å². The fraction of sp³-hybridized carbons (Fsp3) is 0.105. The molecule has 1 N–H and O–H groups in total. The first-order valence-corrected chi connectivity index (χ1v) is 9.18. The molecule has 0 radical (unpaired) electrons. The molecule has 2 aromatic carbocycles. The number of hydrogen-bond acceptors (Lipinski definition) is 5. The predicted octanol–water partition coefficient (Wildman–Crippen LogP) is 4.03. The molecule has 1 amide bonds. The SMILES string of the molecule is O=C(CCn1c(=O)oc2ccccc21)Nc1nc(-c2ccc(F)c(F)c2)cs1. The predicted molar refractivity (Wildman–Crippen MR) is 101 cm³/mol. The average molecular weight is 401 g/mol. The van der Waals surface area contributed by atoms with Gasteiger partial charge in [-0.25, -0.2) is 18.6 Å². The number of amides is 1. The Labute approximate surface area is 161 Å². The van der Waals surface area contributed by atoms with Gasteiger partial charge in [-0.15, -0.1) is 11.3 Å². The highest BCUT2D eigenvalue weighted by atomic mass is 32.1. The van der Waals surface area contributed by atoms with Crippen molar-refractivity contribution in [3.63, 3.8) is 0 Å². The molecule has 4 aromatic rings. The Morgan fingerprint density at radius 3 is 2.82 bits per heavy atom. The number of carbonyl (C=O) groups is 1. The zero-order valence-electron chi connectivity index (χ0n) is 14.3. The van der Waals surface area contributed by atoms with Gasteiger partial charge in [0.25, 0.3) is 0 Å². The fourth-order valence-corrected chi connectivity index (χ4v) is 3.48. The third kappa shape index (κ3) is 3.56. The Morgan fingerprint density at radius 1 is 1.18 bits per heavy atom. The number of hydrogen-bond donors (Lipinski definition) is 1. The second-order valence-corrected chi connectivity index (χ2v) is 6.81. The van der Waals surface area contributed by atoms with Crippen molar-refractivity contribution in [1.82, 2.24) is 9.55 Å². The lowest BCUT2D eigenvalue weighted by atomic mass is 10.2. The molecule has 0 aliphatic rings. The van der Waals surface area contributed by atoms with E-state index in [1.165, 1.54) is 22.0 Å².